The minimum atomic E-state index is -0.0185. The first kappa shape index (κ1) is 13.3. The lowest BCUT2D eigenvalue weighted by molar-refractivity contribution is -0.118. The van der Waals surface area contributed by atoms with Crippen molar-refractivity contribution in [3.05, 3.63) is 23.9 Å². The highest BCUT2D eigenvalue weighted by Gasteiger charge is 2.10. The number of carbonyl (C=O) groups excluding carboxylic acids is 1. The van der Waals surface area contributed by atoms with Gasteiger partial charge in [-0.2, -0.15) is 0 Å². The van der Waals surface area contributed by atoms with Gasteiger partial charge in [-0.25, -0.2) is 0 Å². The molecule has 0 spiro atoms. The van der Waals surface area contributed by atoms with Crippen LogP contribution >= 0.6 is 0 Å². The Hall–Kier alpha value is -2.17. The van der Waals surface area contributed by atoms with Gasteiger partial charge in [-0.15, -0.1) is 0 Å². The first-order chi connectivity index (χ1) is 9.15. The molecule has 0 atom stereocenters. The van der Waals surface area contributed by atoms with Gasteiger partial charge in [-0.1, -0.05) is 0 Å². The fourth-order valence-corrected chi connectivity index (χ4v) is 2.09. The molecular weight excluding hydrogens is 244 g/mol. The van der Waals surface area contributed by atoms with Gasteiger partial charge < -0.3 is 19.8 Å². The lowest BCUT2D eigenvalue weighted by Gasteiger charge is -2.07. The van der Waals surface area contributed by atoms with Crippen molar-refractivity contribution in [3.8, 4) is 11.5 Å². The lowest BCUT2D eigenvalue weighted by atomic mass is 10.1. The van der Waals surface area contributed by atoms with Crippen molar-refractivity contribution in [2.24, 2.45) is 0 Å². The molecule has 0 unspecified atom stereocenters. The highest BCUT2D eigenvalue weighted by molar-refractivity contribution is 5.90. The van der Waals surface area contributed by atoms with E-state index in [9.17, 15) is 4.79 Å². The molecule has 0 saturated carbocycles. The Morgan fingerprint density at radius 1 is 1.32 bits per heavy atom. The minimum Gasteiger partial charge on any atom is -0.497 e. The third-order valence-electron chi connectivity index (χ3n) is 3.04. The third kappa shape index (κ3) is 2.81. The number of ether oxygens (including phenoxy) is 2. The van der Waals surface area contributed by atoms with Crippen LogP contribution in [0.5, 0.6) is 11.5 Å². The molecule has 0 saturated heterocycles. The Morgan fingerprint density at radius 3 is 2.74 bits per heavy atom. The van der Waals surface area contributed by atoms with E-state index in [-0.39, 0.29) is 5.91 Å². The number of nitrogens with one attached hydrogen (secondary N) is 2. The van der Waals surface area contributed by atoms with Crippen molar-refractivity contribution < 1.29 is 14.3 Å². The molecule has 1 amide bonds. The molecule has 0 aliphatic carbocycles. The molecule has 0 aliphatic rings. The number of rotatable bonds is 5. The highest BCUT2D eigenvalue weighted by Crippen LogP contribution is 2.32. The summed E-state index contributed by atoms with van der Waals surface area (Å²) in [6, 6.07) is 3.81. The molecule has 1 heterocycles. The maximum Gasteiger partial charge on any atom is 0.216 e. The van der Waals surface area contributed by atoms with Crippen molar-refractivity contribution in [2.75, 3.05) is 20.8 Å². The van der Waals surface area contributed by atoms with Gasteiger partial charge in [0, 0.05) is 31.1 Å². The summed E-state index contributed by atoms with van der Waals surface area (Å²) < 4.78 is 10.6. The monoisotopic (exact) mass is 262 g/mol. The van der Waals surface area contributed by atoms with Crippen molar-refractivity contribution >= 4 is 16.8 Å². The molecule has 2 rings (SSSR count). The zero-order valence-electron chi connectivity index (χ0n) is 11.4. The quantitative estimate of drug-likeness (QED) is 0.864. The molecule has 5 nitrogen and oxygen atoms in total. The van der Waals surface area contributed by atoms with E-state index in [0.29, 0.717) is 6.54 Å². The predicted octanol–water partition coefficient (Wildman–Crippen LogP) is 1.86. The van der Waals surface area contributed by atoms with Gasteiger partial charge in [0.15, 0.2) is 0 Å². The van der Waals surface area contributed by atoms with E-state index in [1.165, 1.54) is 6.92 Å². The Labute approximate surface area is 111 Å². The first-order valence-electron chi connectivity index (χ1n) is 6.12. The molecule has 0 fully saturated rings. The van der Waals surface area contributed by atoms with E-state index in [4.69, 9.17) is 9.47 Å². The Balaban J connectivity index is 2.32. The molecule has 102 valence electrons. The van der Waals surface area contributed by atoms with E-state index < -0.39 is 0 Å². The van der Waals surface area contributed by atoms with E-state index in [1.54, 1.807) is 14.2 Å². The Morgan fingerprint density at radius 2 is 2.11 bits per heavy atom. The van der Waals surface area contributed by atoms with Crippen molar-refractivity contribution in [2.45, 2.75) is 13.3 Å². The van der Waals surface area contributed by atoms with E-state index in [2.05, 4.69) is 10.3 Å². The van der Waals surface area contributed by atoms with Crippen LogP contribution in [0.15, 0.2) is 18.3 Å². The standard InChI is InChI=1S/C14H18N2O3/c1-9(17)15-5-4-10-8-16-14-12(10)6-11(18-2)7-13(14)19-3/h6-8,16H,4-5H2,1-3H3,(H,15,17). The van der Waals surface area contributed by atoms with Gasteiger partial charge in [0.25, 0.3) is 0 Å². The van der Waals surface area contributed by atoms with E-state index in [1.807, 2.05) is 18.3 Å². The number of aromatic amines is 1. The summed E-state index contributed by atoms with van der Waals surface area (Å²) in [4.78, 5) is 14.1. The van der Waals surface area contributed by atoms with Crippen LogP contribution in [0.3, 0.4) is 0 Å². The van der Waals surface area contributed by atoms with E-state index >= 15 is 0 Å². The van der Waals surface area contributed by atoms with Gasteiger partial charge >= 0.3 is 0 Å². The smallest absolute Gasteiger partial charge is 0.216 e. The third-order valence-corrected chi connectivity index (χ3v) is 3.04. The van der Waals surface area contributed by atoms with E-state index in [0.717, 1.165) is 34.4 Å². The molecule has 0 aliphatic heterocycles. The average Bonchev–Trinajstić information content (AvgIpc) is 2.80. The maximum atomic E-state index is 10.9. The Kier molecular flexibility index (Phi) is 3.94. The molecule has 2 N–H and O–H groups in total. The van der Waals surface area contributed by atoms with Crippen LogP contribution in [0, 0.1) is 0 Å². The zero-order valence-corrected chi connectivity index (χ0v) is 11.4. The maximum absolute atomic E-state index is 10.9. The molecule has 5 heteroatoms. The van der Waals surface area contributed by atoms with Gasteiger partial charge in [-0.3, -0.25) is 4.79 Å². The number of H-pyrrole nitrogens is 1. The SMILES string of the molecule is COc1cc(OC)c2[nH]cc(CCNC(C)=O)c2c1. The summed E-state index contributed by atoms with van der Waals surface area (Å²) in [7, 11) is 3.26. The van der Waals surface area contributed by atoms with Crippen molar-refractivity contribution in [1.29, 1.82) is 0 Å². The second kappa shape index (κ2) is 5.65. The number of carbonyl (C=O) groups is 1. The fourth-order valence-electron chi connectivity index (χ4n) is 2.09. The molecule has 1 aromatic heterocycles. The molecule has 1 aromatic carbocycles. The fraction of sp³-hybridized carbons (Fsp3) is 0.357. The van der Waals surface area contributed by atoms with Crippen LogP contribution in [-0.2, 0) is 11.2 Å². The molecule has 0 bridgehead atoms. The molecule has 0 radical (unpaired) electrons. The number of amides is 1. The van der Waals surface area contributed by atoms with Crippen LogP contribution < -0.4 is 14.8 Å². The summed E-state index contributed by atoms with van der Waals surface area (Å²) >= 11 is 0. The number of benzene rings is 1. The summed E-state index contributed by atoms with van der Waals surface area (Å²) in [5, 5.41) is 3.85. The van der Waals surface area contributed by atoms with Crippen molar-refractivity contribution in [3.63, 3.8) is 0 Å². The average molecular weight is 262 g/mol. The zero-order chi connectivity index (χ0) is 13.8. The normalized spacial score (nSPS) is 10.5. The van der Waals surface area contributed by atoms with Gasteiger partial charge in [0.05, 0.1) is 19.7 Å². The summed E-state index contributed by atoms with van der Waals surface area (Å²) in [5.74, 6) is 1.49. The number of hydrogen-bond acceptors (Lipinski definition) is 3. The van der Waals surface area contributed by atoms with Gasteiger partial charge in [0.1, 0.15) is 11.5 Å². The summed E-state index contributed by atoms with van der Waals surface area (Å²) in [6.07, 6.45) is 2.70. The Bertz CT molecular complexity index is 590. The van der Waals surface area contributed by atoms with Crippen LogP contribution in [0.1, 0.15) is 12.5 Å². The number of fused-ring (bicyclic) bond motifs is 1. The van der Waals surface area contributed by atoms with Crippen LogP contribution in [0.4, 0.5) is 0 Å². The van der Waals surface area contributed by atoms with Crippen molar-refractivity contribution in [1.82, 2.24) is 10.3 Å². The lowest BCUT2D eigenvalue weighted by Crippen LogP contribution is -2.22. The second-order valence-electron chi connectivity index (χ2n) is 4.30. The molecule has 19 heavy (non-hydrogen) atoms. The summed E-state index contributed by atoms with van der Waals surface area (Å²) in [5.41, 5.74) is 2.07. The molecular formula is C14H18N2O3. The number of methoxy groups -OCH3 is 2. The second-order valence-corrected chi connectivity index (χ2v) is 4.30. The largest absolute Gasteiger partial charge is 0.497 e. The van der Waals surface area contributed by atoms with Crippen LogP contribution in [-0.4, -0.2) is 31.7 Å². The summed E-state index contributed by atoms with van der Waals surface area (Å²) in [6.45, 7) is 2.13. The van der Waals surface area contributed by atoms with Gasteiger partial charge in [-0.05, 0) is 18.1 Å². The van der Waals surface area contributed by atoms with Gasteiger partial charge in [0.2, 0.25) is 5.91 Å². The van der Waals surface area contributed by atoms with Crippen LogP contribution in [0.2, 0.25) is 0 Å². The minimum absolute atomic E-state index is 0.0185. The molecule has 2 aromatic rings. The highest BCUT2D eigenvalue weighted by atomic mass is 16.5. The predicted molar refractivity (Wildman–Crippen MR) is 73.8 cm³/mol. The first-order valence-corrected chi connectivity index (χ1v) is 6.12. The van der Waals surface area contributed by atoms with Crippen LogP contribution in [0.25, 0.3) is 10.9 Å². The topological polar surface area (TPSA) is 63.4 Å². The number of aromatic nitrogens is 1. The number of hydrogen-bond donors (Lipinski definition) is 2.